The number of nitriles is 1. The zero-order valence-corrected chi connectivity index (χ0v) is 26.8. The van der Waals surface area contributed by atoms with Crippen molar-refractivity contribution in [3.05, 3.63) is 52.7 Å². The molecule has 1 aliphatic carbocycles. The van der Waals surface area contributed by atoms with Crippen molar-refractivity contribution in [1.82, 2.24) is 19.8 Å². The smallest absolute Gasteiger partial charge is 0.419 e. The summed E-state index contributed by atoms with van der Waals surface area (Å²) in [4.78, 5) is 30.0. The molecule has 4 aliphatic rings. The Labute approximate surface area is 272 Å². The normalized spacial score (nSPS) is 23.0. The summed E-state index contributed by atoms with van der Waals surface area (Å²) in [6.45, 7) is 7.89. The Morgan fingerprint density at radius 1 is 1.20 bits per heavy atom. The average molecular weight is 658 g/mol. The number of nitrogens with zero attached hydrogens (tertiary/aromatic N) is 7. The van der Waals surface area contributed by atoms with Gasteiger partial charge in [-0.2, -0.15) is 28.4 Å². The SMILES string of the molecule is C=CC(=O)N1CCN(c2nc(OCC3(C4CCCN(C)C4)CC3)nc3c2CCN(c2cccc(Cl)c2C(F)(F)F)C3)CC1CC#N. The number of piperazine rings is 1. The maximum absolute atomic E-state index is 14.1. The highest BCUT2D eigenvalue weighted by Gasteiger charge is 2.51. The predicted octanol–water partition coefficient (Wildman–Crippen LogP) is 5.33. The number of piperidine rings is 1. The number of carbonyl (C=O) groups is 1. The first-order valence-corrected chi connectivity index (χ1v) is 16.3. The van der Waals surface area contributed by atoms with Crippen LogP contribution in [-0.2, 0) is 23.9 Å². The average Bonchev–Trinajstić information content (AvgIpc) is 3.83. The number of carbonyl (C=O) groups excluding carboxylic acids is 1. The molecule has 3 fully saturated rings. The van der Waals surface area contributed by atoms with E-state index >= 15 is 0 Å². The molecule has 0 spiro atoms. The highest BCUT2D eigenvalue weighted by atomic mass is 35.5. The molecule has 46 heavy (non-hydrogen) atoms. The highest BCUT2D eigenvalue weighted by Crippen LogP contribution is 2.54. The fraction of sp³-hybridized carbons (Fsp3) is 0.576. The van der Waals surface area contributed by atoms with Crippen molar-refractivity contribution in [2.24, 2.45) is 11.3 Å². The van der Waals surface area contributed by atoms with Crippen LogP contribution >= 0.6 is 11.6 Å². The van der Waals surface area contributed by atoms with Crippen molar-refractivity contribution < 1.29 is 22.7 Å². The molecule has 6 rings (SSSR count). The lowest BCUT2D eigenvalue weighted by molar-refractivity contribution is -0.137. The Morgan fingerprint density at radius 2 is 2.00 bits per heavy atom. The number of likely N-dealkylation sites (tertiary alicyclic amines) is 1. The number of hydrogen-bond acceptors (Lipinski definition) is 8. The first-order chi connectivity index (χ1) is 22.0. The fourth-order valence-electron chi connectivity index (χ4n) is 7.42. The van der Waals surface area contributed by atoms with Gasteiger partial charge in [-0.05, 0) is 69.8 Å². The van der Waals surface area contributed by atoms with E-state index in [-0.39, 0.29) is 47.1 Å². The number of amides is 1. The highest BCUT2D eigenvalue weighted by molar-refractivity contribution is 6.31. The molecule has 9 nitrogen and oxygen atoms in total. The van der Waals surface area contributed by atoms with Crippen LogP contribution in [0.2, 0.25) is 5.02 Å². The summed E-state index contributed by atoms with van der Waals surface area (Å²) >= 11 is 6.07. The Balaban J connectivity index is 1.32. The van der Waals surface area contributed by atoms with Crippen molar-refractivity contribution in [2.45, 2.75) is 57.3 Å². The van der Waals surface area contributed by atoms with Crippen LogP contribution < -0.4 is 14.5 Å². The van der Waals surface area contributed by atoms with Gasteiger partial charge in [0.25, 0.3) is 0 Å². The van der Waals surface area contributed by atoms with Gasteiger partial charge in [0.15, 0.2) is 0 Å². The van der Waals surface area contributed by atoms with Crippen molar-refractivity contribution >= 4 is 29.0 Å². The van der Waals surface area contributed by atoms with E-state index in [0.717, 1.165) is 44.3 Å². The van der Waals surface area contributed by atoms with Crippen molar-refractivity contribution in [3.8, 4) is 12.1 Å². The van der Waals surface area contributed by atoms with Gasteiger partial charge in [-0.15, -0.1) is 0 Å². The van der Waals surface area contributed by atoms with E-state index in [9.17, 15) is 23.2 Å². The molecule has 1 amide bonds. The lowest BCUT2D eigenvalue weighted by Crippen LogP contribution is -2.55. The molecule has 1 aromatic carbocycles. The molecule has 0 bridgehead atoms. The van der Waals surface area contributed by atoms with E-state index in [1.807, 2.05) is 0 Å². The molecule has 0 N–H and O–H groups in total. The van der Waals surface area contributed by atoms with Crippen LogP contribution in [0, 0.1) is 22.7 Å². The lowest BCUT2D eigenvalue weighted by Gasteiger charge is -2.42. The lowest BCUT2D eigenvalue weighted by atomic mass is 9.83. The van der Waals surface area contributed by atoms with Crippen LogP contribution in [-0.4, -0.2) is 84.6 Å². The maximum atomic E-state index is 14.1. The summed E-state index contributed by atoms with van der Waals surface area (Å²) in [5.74, 6) is 0.955. The third kappa shape index (κ3) is 6.49. The van der Waals surface area contributed by atoms with Crippen LogP contribution in [0.1, 0.15) is 48.9 Å². The number of aromatic nitrogens is 2. The molecule has 0 radical (unpaired) electrons. The Morgan fingerprint density at radius 3 is 2.70 bits per heavy atom. The summed E-state index contributed by atoms with van der Waals surface area (Å²) < 4.78 is 48.7. The van der Waals surface area contributed by atoms with E-state index in [2.05, 4.69) is 29.5 Å². The molecule has 2 unspecified atom stereocenters. The summed E-state index contributed by atoms with van der Waals surface area (Å²) in [5, 5.41) is 9.17. The summed E-state index contributed by atoms with van der Waals surface area (Å²) in [6.07, 6.45) is 1.68. The number of rotatable bonds is 8. The van der Waals surface area contributed by atoms with Gasteiger partial charge >= 0.3 is 12.2 Å². The first kappa shape index (κ1) is 32.4. The maximum Gasteiger partial charge on any atom is 0.419 e. The quantitative estimate of drug-likeness (QED) is 0.352. The number of ether oxygens (including phenoxy) is 1. The Kier molecular flexibility index (Phi) is 9.09. The molecule has 3 aliphatic heterocycles. The molecule has 4 heterocycles. The van der Waals surface area contributed by atoms with Gasteiger partial charge in [0.05, 0.1) is 53.7 Å². The van der Waals surface area contributed by atoms with Crippen LogP contribution in [0.25, 0.3) is 0 Å². The minimum Gasteiger partial charge on any atom is -0.463 e. The second kappa shape index (κ2) is 12.9. The molecular formula is C33H39ClF3N7O2. The fourth-order valence-corrected chi connectivity index (χ4v) is 7.69. The molecule has 1 saturated carbocycles. The number of anilines is 2. The third-order valence-electron chi connectivity index (χ3n) is 10.1. The van der Waals surface area contributed by atoms with Gasteiger partial charge in [0.1, 0.15) is 5.82 Å². The van der Waals surface area contributed by atoms with Crippen LogP contribution in [0.4, 0.5) is 24.7 Å². The van der Waals surface area contributed by atoms with E-state index < -0.39 is 11.7 Å². The minimum atomic E-state index is -4.62. The number of hydrogen-bond donors (Lipinski definition) is 0. The summed E-state index contributed by atoms with van der Waals surface area (Å²) in [6, 6.07) is 6.26. The number of halogens is 4. The van der Waals surface area contributed by atoms with E-state index in [1.54, 1.807) is 9.80 Å². The predicted molar refractivity (Wildman–Crippen MR) is 169 cm³/mol. The summed E-state index contributed by atoms with van der Waals surface area (Å²) in [7, 11) is 2.15. The van der Waals surface area contributed by atoms with E-state index in [0.29, 0.717) is 56.6 Å². The molecule has 1 aromatic heterocycles. The van der Waals surface area contributed by atoms with Crippen LogP contribution in [0.3, 0.4) is 0 Å². The molecule has 246 valence electrons. The van der Waals surface area contributed by atoms with E-state index in [4.69, 9.17) is 26.3 Å². The van der Waals surface area contributed by atoms with Gasteiger partial charge in [-0.25, -0.2) is 0 Å². The second-order valence-electron chi connectivity index (χ2n) is 13.0. The topological polar surface area (TPSA) is 88.8 Å². The zero-order chi connectivity index (χ0) is 32.6. The number of fused-ring (bicyclic) bond motifs is 1. The molecule has 2 aromatic rings. The third-order valence-corrected chi connectivity index (χ3v) is 10.4. The summed E-state index contributed by atoms with van der Waals surface area (Å²) in [5.41, 5.74) is 0.673. The van der Waals surface area contributed by atoms with Gasteiger partial charge < -0.3 is 24.3 Å². The van der Waals surface area contributed by atoms with Crippen molar-refractivity contribution in [3.63, 3.8) is 0 Å². The van der Waals surface area contributed by atoms with Gasteiger partial charge in [0, 0.05) is 43.7 Å². The molecule has 2 atom stereocenters. The first-order valence-electron chi connectivity index (χ1n) is 15.9. The Hall–Kier alpha value is -3.56. The standard InChI is InChI=1S/C33H39ClF3N7O2/c1-3-28(45)44-17-16-43(19-23(44)9-13-38)30-24-10-15-42(27-8-4-7-25(34)29(27)33(35,36)37)20-26(24)39-31(40-30)46-21-32(11-12-32)22-6-5-14-41(2)18-22/h3-4,7-8,22-23H,1,5-6,9-12,14-21H2,2H3. The molecular weight excluding hydrogens is 619 g/mol. The molecule has 13 heteroatoms. The van der Waals surface area contributed by atoms with Crippen LogP contribution in [0.15, 0.2) is 30.9 Å². The van der Waals surface area contributed by atoms with E-state index in [1.165, 1.54) is 24.3 Å². The number of alkyl halides is 3. The van der Waals surface area contributed by atoms with Crippen molar-refractivity contribution in [1.29, 1.82) is 5.26 Å². The van der Waals surface area contributed by atoms with Gasteiger partial charge in [-0.1, -0.05) is 24.2 Å². The van der Waals surface area contributed by atoms with Gasteiger partial charge in [-0.3, -0.25) is 4.79 Å². The zero-order valence-electron chi connectivity index (χ0n) is 26.0. The minimum absolute atomic E-state index is 0.0114. The second-order valence-corrected chi connectivity index (χ2v) is 13.4. The monoisotopic (exact) mass is 657 g/mol. The number of benzene rings is 1. The Bertz CT molecular complexity index is 1530. The largest absolute Gasteiger partial charge is 0.463 e. The molecule has 2 saturated heterocycles. The van der Waals surface area contributed by atoms with Crippen molar-refractivity contribution in [2.75, 3.05) is 62.7 Å². The van der Waals surface area contributed by atoms with Gasteiger partial charge in [0.2, 0.25) is 5.91 Å². The van der Waals surface area contributed by atoms with Crippen LogP contribution in [0.5, 0.6) is 6.01 Å².